The van der Waals surface area contributed by atoms with Gasteiger partial charge in [0.25, 0.3) is 0 Å². The molecule has 0 unspecified atom stereocenters. The highest BCUT2D eigenvalue weighted by molar-refractivity contribution is 9.10. The fourth-order valence-electron chi connectivity index (χ4n) is 2.05. The van der Waals surface area contributed by atoms with E-state index in [2.05, 4.69) is 27.1 Å². The van der Waals surface area contributed by atoms with Crippen molar-refractivity contribution in [1.29, 1.82) is 0 Å². The second-order valence-corrected chi connectivity index (χ2v) is 5.70. The second kappa shape index (κ2) is 5.25. The Bertz CT molecular complexity index is 687. The summed E-state index contributed by atoms with van der Waals surface area (Å²) in [6.45, 7) is 0. The summed E-state index contributed by atoms with van der Waals surface area (Å²) in [5.74, 6) is -0.320. The molecule has 3 rings (SSSR count). The van der Waals surface area contributed by atoms with Crippen LogP contribution < -0.4 is 0 Å². The maximum Gasteiger partial charge on any atom is 0.328 e. The molecule has 5 heteroatoms. The predicted molar refractivity (Wildman–Crippen MR) is 79.9 cm³/mol. The summed E-state index contributed by atoms with van der Waals surface area (Å²) in [4.78, 5) is 10.5. The summed E-state index contributed by atoms with van der Waals surface area (Å²) in [6, 6.07) is 7.74. The number of carboxylic acids is 1. The van der Waals surface area contributed by atoms with Crippen LogP contribution in [0.4, 0.5) is 0 Å². The molecule has 0 bridgehead atoms. The molecule has 1 aliphatic rings. The molecule has 20 heavy (non-hydrogen) atoms. The predicted octanol–water partition coefficient (Wildman–Crippen LogP) is 3.61. The molecule has 0 saturated heterocycles. The zero-order valence-electron chi connectivity index (χ0n) is 10.7. The van der Waals surface area contributed by atoms with Crippen molar-refractivity contribution in [2.75, 3.05) is 0 Å². The number of aliphatic carboxylic acids is 1. The summed E-state index contributed by atoms with van der Waals surface area (Å²) in [5, 5.41) is 13.2. The van der Waals surface area contributed by atoms with Crippen molar-refractivity contribution in [1.82, 2.24) is 9.78 Å². The molecule has 0 atom stereocenters. The first-order valence-corrected chi connectivity index (χ1v) is 7.19. The minimum absolute atomic E-state index is 0.632. The zero-order chi connectivity index (χ0) is 14.1. The van der Waals surface area contributed by atoms with Crippen molar-refractivity contribution in [3.63, 3.8) is 0 Å². The summed E-state index contributed by atoms with van der Waals surface area (Å²) in [5.41, 5.74) is 2.92. The molecule has 1 heterocycles. The van der Waals surface area contributed by atoms with Gasteiger partial charge in [-0.2, -0.15) is 5.10 Å². The fraction of sp³-hybridized carbons (Fsp3) is 0.200. The summed E-state index contributed by atoms with van der Waals surface area (Å²) in [7, 11) is 0. The van der Waals surface area contributed by atoms with Crippen LogP contribution in [0.15, 0.2) is 41.0 Å². The van der Waals surface area contributed by atoms with Crippen molar-refractivity contribution in [2.45, 2.75) is 18.8 Å². The minimum atomic E-state index is -0.952. The van der Waals surface area contributed by atoms with Crippen LogP contribution in [0.3, 0.4) is 0 Å². The second-order valence-electron chi connectivity index (χ2n) is 4.84. The lowest BCUT2D eigenvalue weighted by Crippen LogP contribution is -1.97. The zero-order valence-corrected chi connectivity index (χ0v) is 12.2. The third-order valence-electron chi connectivity index (χ3n) is 3.24. The van der Waals surface area contributed by atoms with Gasteiger partial charge < -0.3 is 5.11 Å². The summed E-state index contributed by atoms with van der Waals surface area (Å²) in [6.07, 6.45) is 7.12. The molecular weight excluding hydrogens is 320 g/mol. The van der Waals surface area contributed by atoms with E-state index in [4.69, 9.17) is 5.11 Å². The van der Waals surface area contributed by atoms with Crippen molar-refractivity contribution >= 4 is 28.0 Å². The maximum atomic E-state index is 10.5. The van der Waals surface area contributed by atoms with Gasteiger partial charge in [0.05, 0.1) is 11.4 Å². The molecule has 0 amide bonds. The van der Waals surface area contributed by atoms with Gasteiger partial charge in [0.1, 0.15) is 0 Å². The SMILES string of the molecule is O=C(O)/C=C/c1ccc(-n2ccc(C3CC3)n2)c(Br)c1. The quantitative estimate of drug-likeness (QED) is 0.870. The number of benzene rings is 1. The van der Waals surface area contributed by atoms with Crippen LogP contribution in [0.1, 0.15) is 30.0 Å². The number of carbonyl (C=O) groups is 1. The number of carboxylic acid groups (broad SMARTS) is 1. The van der Waals surface area contributed by atoms with Gasteiger partial charge in [-0.1, -0.05) is 6.07 Å². The van der Waals surface area contributed by atoms with E-state index in [1.807, 2.05) is 29.1 Å². The third-order valence-corrected chi connectivity index (χ3v) is 3.88. The van der Waals surface area contributed by atoms with Crippen LogP contribution in [0, 0.1) is 0 Å². The van der Waals surface area contributed by atoms with E-state index in [1.165, 1.54) is 12.8 Å². The molecular formula is C15H13BrN2O2. The molecule has 1 aromatic carbocycles. The average molecular weight is 333 g/mol. The lowest BCUT2D eigenvalue weighted by atomic mass is 10.2. The van der Waals surface area contributed by atoms with Crippen LogP contribution in [-0.4, -0.2) is 20.9 Å². The average Bonchev–Trinajstić information content (AvgIpc) is 3.15. The van der Waals surface area contributed by atoms with E-state index in [-0.39, 0.29) is 0 Å². The van der Waals surface area contributed by atoms with E-state index >= 15 is 0 Å². The van der Waals surface area contributed by atoms with Gasteiger partial charge in [-0.25, -0.2) is 9.48 Å². The molecule has 1 saturated carbocycles. The van der Waals surface area contributed by atoms with Gasteiger partial charge in [-0.3, -0.25) is 0 Å². The van der Waals surface area contributed by atoms with E-state index < -0.39 is 5.97 Å². The molecule has 1 aromatic heterocycles. The Morgan fingerprint density at radius 2 is 2.20 bits per heavy atom. The number of aromatic nitrogens is 2. The summed E-state index contributed by atoms with van der Waals surface area (Å²) < 4.78 is 2.73. The molecule has 102 valence electrons. The van der Waals surface area contributed by atoms with Gasteiger partial charge in [0.15, 0.2) is 0 Å². The van der Waals surface area contributed by atoms with Crippen LogP contribution in [-0.2, 0) is 4.79 Å². The van der Waals surface area contributed by atoms with Crippen molar-refractivity contribution in [2.24, 2.45) is 0 Å². The van der Waals surface area contributed by atoms with E-state index in [0.717, 1.165) is 27.5 Å². The number of halogens is 1. The number of hydrogen-bond acceptors (Lipinski definition) is 2. The molecule has 1 fully saturated rings. The van der Waals surface area contributed by atoms with Crippen molar-refractivity contribution in [3.05, 3.63) is 52.3 Å². The number of hydrogen-bond donors (Lipinski definition) is 1. The maximum absolute atomic E-state index is 10.5. The van der Waals surface area contributed by atoms with E-state index in [0.29, 0.717) is 5.92 Å². The molecule has 1 N–H and O–H groups in total. The standard InChI is InChI=1S/C15H13BrN2O2/c16-12-9-10(2-6-15(19)20)1-5-14(12)18-8-7-13(17-18)11-3-4-11/h1-2,5-9,11H,3-4H2,(H,19,20)/b6-2+. The van der Waals surface area contributed by atoms with Gasteiger partial charge in [-0.15, -0.1) is 0 Å². The first kappa shape index (κ1) is 13.1. The first-order valence-electron chi connectivity index (χ1n) is 6.40. The normalized spacial score (nSPS) is 14.8. The highest BCUT2D eigenvalue weighted by Gasteiger charge is 2.26. The molecule has 0 radical (unpaired) electrons. The van der Waals surface area contributed by atoms with Crippen molar-refractivity contribution in [3.8, 4) is 5.69 Å². The van der Waals surface area contributed by atoms with Crippen LogP contribution in [0.5, 0.6) is 0 Å². The Balaban J connectivity index is 1.87. The third kappa shape index (κ3) is 2.82. The molecule has 0 spiro atoms. The Labute approximate surface area is 124 Å². The monoisotopic (exact) mass is 332 g/mol. The lowest BCUT2D eigenvalue weighted by molar-refractivity contribution is -0.131. The summed E-state index contributed by atoms with van der Waals surface area (Å²) >= 11 is 3.51. The van der Waals surface area contributed by atoms with Crippen LogP contribution in [0.2, 0.25) is 0 Å². The Morgan fingerprint density at radius 1 is 1.40 bits per heavy atom. The van der Waals surface area contributed by atoms with Gasteiger partial charge >= 0.3 is 5.97 Å². The first-order chi connectivity index (χ1) is 9.63. The Morgan fingerprint density at radius 3 is 2.85 bits per heavy atom. The smallest absolute Gasteiger partial charge is 0.328 e. The van der Waals surface area contributed by atoms with Crippen LogP contribution >= 0.6 is 15.9 Å². The molecule has 0 aliphatic heterocycles. The Kier molecular flexibility index (Phi) is 3.44. The lowest BCUT2D eigenvalue weighted by Gasteiger charge is -2.05. The highest BCUT2D eigenvalue weighted by Crippen LogP contribution is 2.39. The fourth-order valence-corrected chi connectivity index (χ4v) is 2.63. The molecule has 4 nitrogen and oxygen atoms in total. The number of rotatable bonds is 4. The van der Waals surface area contributed by atoms with Gasteiger partial charge in [0.2, 0.25) is 0 Å². The molecule has 1 aliphatic carbocycles. The molecule has 2 aromatic rings. The van der Waals surface area contributed by atoms with Crippen LogP contribution in [0.25, 0.3) is 11.8 Å². The highest BCUT2D eigenvalue weighted by atomic mass is 79.9. The number of nitrogens with zero attached hydrogens (tertiary/aromatic N) is 2. The van der Waals surface area contributed by atoms with Gasteiger partial charge in [0, 0.05) is 22.7 Å². The minimum Gasteiger partial charge on any atom is -0.478 e. The van der Waals surface area contributed by atoms with Crippen molar-refractivity contribution < 1.29 is 9.90 Å². The Hall–Kier alpha value is -1.88. The topological polar surface area (TPSA) is 55.1 Å². The van der Waals surface area contributed by atoms with E-state index in [1.54, 1.807) is 6.08 Å². The van der Waals surface area contributed by atoms with Gasteiger partial charge in [-0.05, 0) is 58.6 Å². The largest absolute Gasteiger partial charge is 0.478 e. The van der Waals surface area contributed by atoms with E-state index in [9.17, 15) is 4.79 Å².